The molecule has 3 unspecified atom stereocenters. The molecule has 1 amide bonds. The van der Waals surface area contributed by atoms with Crippen molar-refractivity contribution in [2.75, 3.05) is 13.1 Å². The largest absolute Gasteiger partial charge is 0.352 e. The summed E-state index contributed by atoms with van der Waals surface area (Å²) in [5.41, 5.74) is 0. The van der Waals surface area contributed by atoms with Crippen LogP contribution in [0.5, 0.6) is 0 Å². The number of nitrogens with one attached hydrogen (secondary N) is 1. The molecule has 0 radical (unpaired) electrons. The quantitative estimate of drug-likeness (QED) is 0.736. The number of nitrogens with zero attached hydrogens (tertiary/aromatic N) is 2. The Hall–Kier alpha value is -1.08. The minimum Gasteiger partial charge on any atom is -0.352 e. The molecule has 0 aromatic rings. The highest BCUT2D eigenvalue weighted by molar-refractivity contribution is 5.81. The SMILES string of the molecule is CCC(C)NC(=O)C(C)N(CC)CC(C)C#N. The van der Waals surface area contributed by atoms with Gasteiger partial charge in [-0.15, -0.1) is 0 Å². The van der Waals surface area contributed by atoms with E-state index >= 15 is 0 Å². The van der Waals surface area contributed by atoms with Crippen LogP contribution >= 0.6 is 0 Å². The molecule has 0 bridgehead atoms. The standard InChI is InChI=1S/C13H25N3O/c1-6-11(4)15-13(17)12(5)16(7-2)9-10(3)8-14/h10-12H,6-7,9H2,1-5H3,(H,15,17). The van der Waals surface area contributed by atoms with Crippen LogP contribution in [0.15, 0.2) is 0 Å². The van der Waals surface area contributed by atoms with Crippen molar-refractivity contribution >= 4 is 5.91 Å². The van der Waals surface area contributed by atoms with Crippen LogP contribution in [0.1, 0.15) is 41.0 Å². The Balaban J connectivity index is 4.38. The first-order valence-corrected chi connectivity index (χ1v) is 6.40. The molecule has 0 aromatic carbocycles. The number of carbonyl (C=O) groups is 1. The second kappa shape index (κ2) is 8.08. The highest BCUT2D eigenvalue weighted by atomic mass is 16.2. The Labute approximate surface area is 105 Å². The average molecular weight is 239 g/mol. The molecular weight excluding hydrogens is 214 g/mol. The van der Waals surface area contributed by atoms with Crippen LogP contribution in [0.3, 0.4) is 0 Å². The molecule has 0 aliphatic heterocycles. The molecule has 4 heteroatoms. The first-order chi connectivity index (χ1) is 7.96. The van der Waals surface area contributed by atoms with Crippen molar-refractivity contribution in [2.45, 2.75) is 53.1 Å². The van der Waals surface area contributed by atoms with Crippen molar-refractivity contribution in [2.24, 2.45) is 5.92 Å². The molecule has 0 spiro atoms. The van der Waals surface area contributed by atoms with Crippen molar-refractivity contribution in [3.8, 4) is 6.07 Å². The second-order valence-electron chi connectivity index (χ2n) is 4.61. The minimum atomic E-state index is -0.176. The summed E-state index contributed by atoms with van der Waals surface area (Å²) in [6.45, 7) is 11.2. The minimum absolute atomic E-state index is 0.0474. The molecule has 3 atom stereocenters. The summed E-state index contributed by atoms with van der Waals surface area (Å²) >= 11 is 0. The van der Waals surface area contributed by atoms with Crippen LogP contribution < -0.4 is 5.32 Å². The van der Waals surface area contributed by atoms with Gasteiger partial charge in [0.25, 0.3) is 0 Å². The summed E-state index contributed by atoms with van der Waals surface area (Å²) in [6.07, 6.45) is 0.930. The highest BCUT2D eigenvalue weighted by Gasteiger charge is 2.22. The van der Waals surface area contributed by atoms with E-state index in [0.717, 1.165) is 13.0 Å². The molecule has 0 aliphatic rings. The number of hydrogen-bond donors (Lipinski definition) is 1. The first kappa shape index (κ1) is 15.9. The topological polar surface area (TPSA) is 56.1 Å². The maximum absolute atomic E-state index is 11.9. The lowest BCUT2D eigenvalue weighted by atomic mass is 10.1. The van der Waals surface area contributed by atoms with E-state index in [-0.39, 0.29) is 23.9 Å². The Kier molecular flexibility index (Phi) is 7.56. The molecular formula is C13H25N3O. The van der Waals surface area contributed by atoms with Crippen LogP contribution in [0.4, 0.5) is 0 Å². The fourth-order valence-electron chi connectivity index (χ4n) is 1.58. The van der Waals surface area contributed by atoms with Crippen LogP contribution in [0.25, 0.3) is 0 Å². The van der Waals surface area contributed by atoms with E-state index in [0.29, 0.717) is 6.54 Å². The molecule has 4 nitrogen and oxygen atoms in total. The molecule has 17 heavy (non-hydrogen) atoms. The van der Waals surface area contributed by atoms with Gasteiger partial charge < -0.3 is 5.32 Å². The second-order valence-corrected chi connectivity index (χ2v) is 4.61. The van der Waals surface area contributed by atoms with Crippen LogP contribution in [-0.2, 0) is 4.79 Å². The van der Waals surface area contributed by atoms with Gasteiger partial charge in [-0.2, -0.15) is 5.26 Å². The molecule has 0 aromatic heterocycles. The monoisotopic (exact) mass is 239 g/mol. The number of hydrogen-bond acceptors (Lipinski definition) is 3. The van der Waals surface area contributed by atoms with Gasteiger partial charge in [-0.05, 0) is 33.7 Å². The summed E-state index contributed by atoms with van der Waals surface area (Å²) in [6, 6.07) is 2.23. The maximum Gasteiger partial charge on any atom is 0.237 e. The molecule has 0 saturated carbocycles. The van der Waals surface area contributed by atoms with Crippen molar-refractivity contribution < 1.29 is 4.79 Å². The summed E-state index contributed by atoms with van der Waals surface area (Å²) in [4.78, 5) is 14.0. The predicted molar refractivity (Wildman–Crippen MR) is 69.4 cm³/mol. The van der Waals surface area contributed by atoms with E-state index in [9.17, 15) is 4.79 Å². The van der Waals surface area contributed by atoms with Crippen molar-refractivity contribution in [3.05, 3.63) is 0 Å². The van der Waals surface area contributed by atoms with Crippen molar-refractivity contribution in [1.29, 1.82) is 5.26 Å². The highest BCUT2D eigenvalue weighted by Crippen LogP contribution is 2.05. The van der Waals surface area contributed by atoms with Crippen LogP contribution in [-0.4, -0.2) is 36.0 Å². The molecule has 98 valence electrons. The fraction of sp³-hybridized carbons (Fsp3) is 0.846. The van der Waals surface area contributed by atoms with Gasteiger partial charge in [0.05, 0.1) is 18.0 Å². The fourth-order valence-corrected chi connectivity index (χ4v) is 1.58. The van der Waals surface area contributed by atoms with Crippen molar-refractivity contribution in [1.82, 2.24) is 10.2 Å². The van der Waals surface area contributed by atoms with E-state index in [1.807, 2.05) is 39.5 Å². The van der Waals surface area contributed by atoms with Gasteiger partial charge in [-0.25, -0.2) is 0 Å². The Bertz CT molecular complexity index is 272. The van der Waals surface area contributed by atoms with Gasteiger partial charge in [0.2, 0.25) is 5.91 Å². The van der Waals surface area contributed by atoms with Gasteiger partial charge in [0.1, 0.15) is 0 Å². The average Bonchev–Trinajstić information content (AvgIpc) is 2.34. The zero-order valence-corrected chi connectivity index (χ0v) is 11.7. The third kappa shape index (κ3) is 5.69. The number of carbonyl (C=O) groups excluding carboxylic acids is 1. The third-order valence-corrected chi connectivity index (χ3v) is 3.06. The Morgan fingerprint density at radius 3 is 2.35 bits per heavy atom. The molecule has 0 aliphatic carbocycles. The van der Waals surface area contributed by atoms with Gasteiger partial charge in [-0.3, -0.25) is 9.69 Å². The van der Waals surface area contributed by atoms with Gasteiger partial charge in [0, 0.05) is 12.6 Å². The lowest BCUT2D eigenvalue weighted by Gasteiger charge is -2.28. The molecule has 0 heterocycles. The Morgan fingerprint density at radius 1 is 1.35 bits per heavy atom. The number of rotatable bonds is 7. The summed E-state index contributed by atoms with van der Waals surface area (Å²) in [5, 5.41) is 11.8. The molecule has 0 rings (SSSR count). The number of nitriles is 1. The molecule has 0 fully saturated rings. The summed E-state index contributed by atoms with van der Waals surface area (Å²) in [5.74, 6) is 0.000128. The lowest BCUT2D eigenvalue weighted by Crippen LogP contribution is -2.48. The summed E-state index contributed by atoms with van der Waals surface area (Å²) < 4.78 is 0. The summed E-state index contributed by atoms with van der Waals surface area (Å²) in [7, 11) is 0. The number of likely N-dealkylation sites (N-methyl/N-ethyl adjacent to an activating group) is 1. The van der Waals surface area contributed by atoms with E-state index < -0.39 is 0 Å². The number of amides is 1. The van der Waals surface area contributed by atoms with E-state index in [1.54, 1.807) is 0 Å². The maximum atomic E-state index is 11.9. The molecule has 0 saturated heterocycles. The molecule has 1 N–H and O–H groups in total. The van der Waals surface area contributed by atoms with Gasteiger partial charge >= 0.3 is 0 Å². The zero-order chi connectivity index (χ0) is 13.4. The first-order valence-electron chi connectivity index (χ1n) is 6.40. The van der Waals surface area contributed by atoms with Gasteiger partial charge in [-0.1, -0.05) is 13.8 Å². The normalized spacial score (nSPS) is 16.1. The lowest BCUT2D eigenvalue weighted by molar-refractivity contribution is -0.126. The zero-order valence-electron chi connectivity index (χ0n) is 11.7. The Morgan fingerprint density at radius 2 is 1.94 bits per heavy atom. The van der Waals surface area contributed by atoms with E-state index in [4.69, 9.17) is 5.26 Å². The smallest absolute Gasteiger partial charge is 0.237 e. The van der Waals surface area contributed by atoms with Crippen LogP contribution in [0.2, 0.25) is 0 Å². The third-order valence-electron chi connectivity index (χ3n) is 3.06. The predicted octanol–water partition coefficient (Wildman–Crippen LogP) is 1.77. The van der Waals surface area contributed by atoms with Crippen LogP contribution in [0, 0.1) is 17.2 Å². The van der Waals surface area contributed by atoms with Gasteiger partial charge in [0.15, 0.2) is 0 Å². The van der Waals surface area contributed by atoms with Crippen molar-refractivity contribution in [3.63, 3.8) is 0 Å². The van der Waals surface area contributed by atoms with E-state index in [2.05, 4.69) is 11.4 Å². The van der Waals surface area contributed by atoms with E-state index in [1.165, 1.54) is 0 Å².